The maximum atomic E-state index is 13.4. The normalized spacial score (nSPS) is 22.2. The third-order valence-electron chi connectivity index (χ3n) is 6.26. The smallest absolute Gasteiger partial charge is 0.416 e. The first-order valence-electron chi connectivity index (χ1n) is 11.2. The number of halogens is 3. The zero-order valence-corrected chi connectivity index (χ0v) is 20.2. The molecule has 0 aromatic heterocycles. The number of carbonyl (C=O) groups is 2. The average Bonchev–Trinajstić information content (AvgIpc) is 2.83. The second-order valence-corrected chi connectivity index (χ2v) is 8.40. The molecule has 1 aliphatic heterocycles. The number of alkyl halides is 3. The highest BCUT2D eigenvalue weighted by Gasteiger charge is 2.45. The lowest BCUT2D eigenvalue weighted by atomic mass is 9.70. The predicted molar refractivity (Wildman–Crippen MR) is 125 cm³/mol. The minimum atomic E-state index is -4.62. The van der Waals surface area contributed by atoms with E-state index in [9.17, 15) is 28.0 Å². The van der Waals surface area contributed by atoms with Crippen LogP contribution in [-0.2, 0) is 25.2 Å². The summed E-state index contributed by atoms with van der Waals surface area (Å²) in [5.74, 6) is -3.44. The quantitative estimate of drug-likeness (QED) is 0.588. The summed E-state index contributed by atoms with van der Waals surface area (Å²) in [7, 11) is 1.17. The fourth-order valence-electron chi connectivity index (χ4n) is 4.64. The Hall–Kier alpha value is -4.00. The highest BCUT2D eigenvalue weighted by molar-refractivity contribution is 5.99. The van der Waals surface area contributed by atoms with E-state index in [4.69, 9.17) is 15.2 Å². The topological polar surface area (TPSA) is 106 Å². The van der Waals surface area contributed by atoms with Crippen LogP contribution in [0.4, 0.5) is 18.9 Å². The number of carbonyl (C=O) groups excluding carboxylic acids is 2. The number of nitrogens with zero attached hydrogens (tertiary/aromatic N) is 2. The first-order valence-corrected chi connectivity index (χ1v) is 11.2. The highest BCUT2D eigenvalue weighted by Crippen LogP contribution is 2.45. The second-order valence-electron chi connectivity index (χ2n) is 8.40. The molecule has 1 aliphatic carbocycles. The molecule has 0 amide bonds. The van der Waals surface area contributed by atoms with Gasteiger partial charge in [0.15, 0.2) is 0 Å². The van der Waals surface area contributed by atoms with Crippen molar-refractivity contribution in [2.45, 2.75) is 26.9 Å². The summed E-state index contributed by atoms with van der Waals surface area (Å²) in [6.45, 7) is 4.97. The molecule has 3 rings (SSSR count). The third-order valence-corrected chi connectivity index (χ3v) is 6.26. The third kappa shape index (κ3) is 4.87. The van der Waals surface area contributed by atoms with E-state index in [2.05, 4.69) is 6.07 Å². The highest BCUT2D eigenvalue weighted by atomic mass is 19.4. The molecule has 0 saturated carbocycles. The molecule has 0 bridgehead atoms. The van der Waals surface area contributed by atoms with Crippen molar-refractivity contribution in [1.29, 1.82) is 5.26 Å². The van der Waals surface area contributed by atoms with Gasteiger partial charge in [0, 0.05) is 22.9 Å². The molecule has 0 radical (unpaired) electrons. The van der Waals surface area contributed by atoms with Crippen LogP contribution in [0.25, 0.3) is 0 Å². The van der Waals surface area contributed by atoms with Gasteiger partial charge < -0.3 is 20.1 Å². The van der Waals surface area contributed by atoms with Crippen LogP contribution in [0.15, 0.2) is 70.7 Å². The van der Waals surface area contributed by atoms with Crippen molar-refractivity contribution in [2.75, 3.05) is 18.6 Å². The van der Waals surface area contributed by atoms with Crippen LogP contribution in [-0.4, -0.2) is 25.7 Å². The van der Waals surface area contributed by atoms with Crippen LogP contribution >= 0.6 is 0 Å². The lowest BCUT2D eigenvalue weighted by Gasteiger charge is -2.40. The summed E-state index contributed by atoms with van der Waals surface area (Å²) in [4.78, 5) is 27.6. The molecule has 0 fully saturated rings. The largest absolute Gasteiger partial charge is 0.466 e. The molecule has 1 aromatic carbocycles. The Kier molecular flexibility index (Phi) is 7.62. The maximum absolute atomic E-state index is 13.4. The van der Waals surface area contributed by atoms with Gasteiger partial charge in [-0.25, -0.2) is 9.59 Å². The summed E-state index contributed by atoms with van der Waals surface area (Å²) in [5, 5.41) is 9.28. The van der Waals surface area contributed by atoms with Crippen molar-refractivity contribution in [3.05, 3.63) is 76.3 Å². The molecule has 0 spiro atoms. The van der Waals surface area contributed by atoms with Crippen LogP contribution in [0.1, 0.15) is 26.3 Å². The number of rotatable bonds is 5. The van der Waals surface area contributed by atoms with Crippen molar-refractivity contribution in [3.8, 4) is 6.07 Å². The molecule has 2 aliphatic rings. The molecule has 36 heavy (non-hydrogen) atoms. The molecular weight excluding hydrogens is 475 g/mol. The van der Waals surface area contributed by atoms with E-state index >= 15 is 0 Å². The summed E-state index contributed by atoms with van der Waals surface area (Å²) in [6.07, 6.45) is 0.406. The molecule has 1 aromatic rings. The summed E-state index contributed by atoms with van der Waals surface area (Å²) < 4.78 is 50.6. The molecule has 3 atom stereocenters. The Bertz CT molecular complexity index is 1240. The van der Waals surface area contributed by atoms with E-state index in [-0.39, 0.29) is 40.9 Å². The van der Waals surface area contributed by atoms with Crippen LogP contribution in [0, 0.1) is 29.1 Å². The van der Waals surface area contributed by atoms with Gasteiger partial charge in [-0.2, -0.15) is 18.4 Å². The van der Waals surface area contributed by atoms with Gasteiger partial charge in [-0.3, -0.25) is 0 Å². The zero-order chi connectivity index (χ0) is 26.8. The van der Waals surface area contributed by atoms with Crippen molar-refractivity contribution in [1.82, 2.24) is 0 Å². The Morgan fingerprint density at radius 2 is 1.92 bits per heavy atom. The van der Waals surface area contributed by atoms with Crippen LogP contribution in [0.3, 0.4) is 0 Å². The Morgan fingerprint density at radius 3 is 2.47 bits per heavy atom. The van der Waals surface area contributed by atoms with Gasteiger partial charge in [0.05, 0.1) is 36.5 Å². The SMILES string of the molecule is CCOC(=O)C1=C(N)N(c2cccc(C(F)(F)F)c2)C(C)=C(C(=O)OC)C1C1C=CC(C#N)=CC1C. The monoisotopic (exact) mass is 501 g/mol. The van der Waals surface area contributed by atoms with Gasteiger partial charge in [-0.15, -0.1) is 0 Å². The molecule has 2 N–H and O–H groups in total. The number of hydrogen-bond acceptors (Lipinski definition) is 7. The van der Waals surface area contributed by atoms with Gasteiger partial charge in [0.25, 0.3) is 0 Å². The van der Waals surface area contributed by atoms with Crippen molar-refractivity contribution in [3.63, 3.8) is 0 Å². The number of methoxy groups -OCH3 is 1. The van der Waals surface area contributed by atoms with Crippen molar-refractivity contribution in [2.24, 2.45) is 23.5 Å². The molecule has 3 unspecified atom stereocenters. The first kappa shape index (κ1) is 26.6. The van der Waals surface area contributed by atoms with Gasteiger partial charge >= 0.3 is 18.1 Å². The number of hydrogen-bond donors (Lipinski definition) is 1. The van der Waals surface area contributed by atoms with Gasteiger partial charge in [-0.05, 0) is 50.0 Å². The number of esters is 2. The fourth-order valence-corrected chi connectivity index (χ4v) is 4.64. The lowest BCUT2D eigenvalue weighted by Crippen LogP contribution is -2.43. The zero-order valence-electron chi connectivity index (χ0n) is 20.2. The van der Waals surface area contributed by atoms with Crippen molar-refractivity contribution < 1.29 is 32.2 Å². The van der Waals surface area contributed by atoms with Crippen LogP contribution < -0.4 is 10.6 Å². The molecule has 0 saturated heterocycles. The summed E-state index contributed by atoms with van der Waals surface area (Å²) >= 11 is 0. The molecule has 190 valence electrons. The Balaban J connectivity index is 2.30. The number of allylic oxidation sites excluding steroid dienone is 5. The molecular formula is C26H26F3N3O4. The van der Waals surface area contributed by atoms with Crippen LogP contribution in [0.5, 0.6) is 0 Å². The number of ether oxygens (including phenoxy) is 2. The number of nitrogens with two attached hydrogens (primary N) is 1. The average molecular weight is 502 g/mol. The van der Waals surface area contributed by atoms with E-state index in [0.29, 0.717) is 5.57 Å². The van der Waals surface area contributed by atoms with E-state index in [1.165, 1.54) is 31.1 Å². The van der Waals surface area contributed by atoms with Crippen molar-refractivity contribution >= 4 is 17.6 Å². The minimum Gasteiger partial charge on any atom is -0.466 e. The van der Waals surface area contributed by atoms with E-state index < -0.39 is 35.5 Å². The number of benzene rings is 1. The summed E-state index contributed by atoms with van der Waals surface area (Å²) in [6, 6.07) is 6.48. The lowest BCUT2D eigenvalue weighted by molar-refractivity contribution is -0.140. The van der Waals surface area contributed by atoms with E-state index in [1.807, 2.05) is 6.92 Å². The second kappa shape index (κ2) is 10.3. The standard InChI is InChI=1S/C26H26F3N3O4/c1-5-36-25(34)22-21(19-10-9-16(13-30)11-14(19)2)20(24(33)35-4)15(3)32(23(22)31)18-8-6-7-17(12-18)26(27,28)29/h6-12,14,19,21H,5,31H2,1-4H3. The van der Waals surface area contributed by atoms with Gasteiger partial charge in [0.1, 0.15) is 5.82 Å². The molecule has 1 heterocycles. The minimum absolute atomic E-state index is 0.0106. The number of anilines is 1. The molecule has 7 nitrogen and oxygen atoms in total. The predicted octanol–water partition coefficient (Wildman–Crippen LogP) is 4.59. The number of nitriles is 1. The fraction of sp³-hybridized carbons (Fsp3) is 0.346. The maximum Gasteiger partial charge on any atom is 0.416 e. The Morgan fingerprint density at radius 1 is 1.22 bits per heavy atom. The first-order chi connectivity index (χ1) is 17.0. The van der Waals surface area contributed by atoms with Gasteiger partial charge in [-0.1, -0.05) is 25.1 Å². The van der Waals surface area contributed by atoms with Gasteiger partial charge in [0.2, 0.25) is 0 Å². The summed E-state index contributed by atoms with van der Waals surface area (Å²) in [5.41, 5.74) is 6.20. The van der Waals surface area contributed by atoms with Crippen LogP contribution in [0.2, 0.25) is 0 Å². The van der Waals surface area contributed by atoms with E-state index in [1.54, 1.807) is 25.2 Å². The van der Waals surface area contributed by atoms with E-state index in [0.717, 1.165) is 12.1 Å². The molecule has 10 heteroatoms. The Labute approximate surface area is 206 Å².